The Kier molecular flexibility index (Phi) is 7.28. The zero-order valence-electron chi connectivity index (χ0n) is 20.3. The molecule has 0 aromatic carbocycles. The van der Waals surface area contributed by atoms with E-state index in [-0.39, 0.29) is 6.10 Å². The fourth-order valence-corrected chi connectivity index (χ4v) is 4.05. The molecule has 0 saturated carbocycles. The Morgan fingerprint density at radius 1 is 1.05 bits per heavy atom. The lowest BCUT2D eigenvalue weighted by Gasteiger charge is -2.14. The Balaban J connectivity index is 1.22. The highest BCUT2D eigenvalue weighted by molar-refractivity contribution is 9.10. The summed E-state index contributed by atoms with van der Waals surface area (Å²) in [5.41, 5.74) is 7.39. The van der Waals surface area contributed by atoms with E-state index in [1.54, 1.807) is 35.2 Å². The zero-order chi connectivity index (χ0) is 25.8. The van der Waals surface area contributed by atoms with Crippen molar-refractivity contribution < 1.29 is 14.2 Å². The standard InChI is InChI=1S/C25H25BrN8O3/c1-15(35-8-9-36-23-5-3-4-20(26)31-23)14-37-16-6-7-22-32-25(33-34(22)13-16)19-12-30-24(28-2)18-11-29-21(27)10-17(18)19/h3-7,10-13,15H,8-9,14H2,1-2H3,(H2,27,29)(H,28,30). The molecule has 0 fully saturated rings. The van der Waals surface area contributed by atoms with Crippen LogP contribution in [-0.2, 0) is 4.74 Å². The highest BCUT2D eigenvalue weighted by atomic mass is 79.9. The lowest BCUT2D eigenvalue weighted by atomic mass is 10.1. The van der Waals surface area contributed by atoms with E-state index in [0.29, 0.717) is 54.6 Å². The topological polar surface area (TPSA) is 135 Å². The highest BCUT2D eigenvalue weighted by Crippen LogP contribution is 2.31. The molecule has 1 atom stereocenters. The van der Waals surface area contributed by atoms with Crippen LogP contribution in [0.4, 0.5) is 11.6 Å². The monoisotopic (exact) mass is 564 g/mol. The molecular formula is C25H25BrN8O3. The van der Waals surface area contributed by atoms with Crippen molar-refractivity contribution in [1.82, 2.24) is 29.5 Å². The Morgan fingerprint density at radius 3 is 2.78 bits per heavy atom. The Morgan fingerprint density at radius 2 is 1.95 bits per heavy atom. The van der Waals surface area contributed by atoms with Gasteiger partial charge in [0.05, 0.1) is 18.9 Å². The summed E-state index contributed by atoms with van der Waals surface area (Å²) in [5.74, 6) is 2.84. The molecular weight excluding hydrogens is 540 g/mol. The van der Waals surface area contributed by atoms with Crippen molar-refractivity contribution in [1.29, 1.82) is 0 Å². The molecule has 0 saturated heterocycles. The van der Waals surface area contributed by atoms with Crippen molar-refractivity contribution >= 4 is 44.0 Å². The third kappa shape index (κ3) is 5.70. The summed E-state index contributed by atoms with van der Waals surface area (Å²) >= 11 is 3.32. The maximum atomic E-state index is 5.95. The SMILES string of the molecule is CNc1ncc(-c2nc3ccc(OCC(C)OCCOc4cccc(Br)n4)cn3n2)c2cc(N)ncc12. The van der Waals surface area contributed by atoms with Crippen LogP contribution < -0.4 is 20.5 Å². The van der Waals surface area contributed by atoms with Crippen LogP contribution in [0.15, 0.2) is 59.6 Å². The summed E-state index contributed by atoms with van der Waals surface area (Å²) in [4.78, 5) is 17.6. The maximum Gasteiger partial charge on any atom is 0.214 e. The maximum absolute atomic E-state index is 5.95. The van der Waals surface area contributed by atoms with Crippen LogP contribution in [0.2, 0.25) is 0 Å². The van der Waals surface area contributed by atoms with Gasteiger partial charge in [0.2, 0.25) is 5.88 Å². The molecule has 5 heterocycles. The Bertz CT molecular complexity index is 1540. The largest absolute Gasteiger partial charge is 0.489 e. The molecule has 11 nitrogen and oxygen atoms in total. The van der Waals surface area contributed by atoms with E-state index in [1.165, 1.54) is 0 Å². The first kappa shape index (κ1) is 24.7. The summed E-state index contributed by atoms with van der Waals surface area (Å²) in [5, 5.41) is 9.43. The normalized spacial score (nSPS) is 12.1. The molecule has 0 aliphatic rings. The van der Waals surface area contributed by atoms with E-state index in [1.807, 2.05) is 38.2 Å². The molecule has 0 aliphatic carbocycles. The van der Waals surface area contributed by atoms with Crippen molar-refractivity contribution in [2.75, 3.05) is 37.9 Å². The number of nitrogens with two attached hydrogens (primary N) is 1. The van der Waals surface area contributed by atoms with E-state index in [0.717, 1.165) is 20.9 Å². The highest BCUT2D eigenvalue weighted by Gasteiger charge is 2.15. The summed E-state index contributed by atoms with van der Waals surface area (Å²) < 4.78 is 19.7. The van der Waals surface area contributed by atoms with Gasteiger partial charge in [0.25, 0.3) is 0 Å². The van der Waals surface area contributed by atoms with Crippen LogP contribution in [-0.4, -0.2) is 62.5 Å². The first-order valence-electron chi connectivity index (χ1n) is 11.6. The number of aromatic nitrogens is 6. The minimum absolute atomic E-state index is 0.136. The van der Waals surface area contributed by atoms with Crippen molar-refractivity contribution in [3.63, 3.8) is 0 Å². The van der Waals surface area contributed by atoms with Crippen LogP contribution in [0.5, 0.6) is 11.6 Å². The second kappa shape index (κ2) is 10.9. The van der Waals surface area contributed by atoms with Crippen LogP contribution >= 0.6 is 15.9 Å². The van der Waals surface area contributed by atoms with Gasteiger partial charge in [-0.15, -0.1) is 5.10 Å². The molecule has 190 valence electrons. The third-order valence-corrected chi connectivity index (χ3v) is 5.93. The van der Waals surface area contributed by atoms with E-state index in [9.17, 15) is 0 Å². The van der Waals surface area contributed by atoms with Gasteiger partial charge in [0, 0.05) is 41.8 Å². The van der Waals surface area contributed by atoms with Gasteiger partial charge in [-0.1, -0.05) is 6.07 Å². The first-order valence-corrected chi connectivity index (χ1v) is 12.4. The van der Waals surface area contributed by atoms with Crippen LogP contribution in [0.25, 0.3) is 27.8 Å². The molecule has 12 heteroatoms. The number of halogens is 1. The van der Waals surface area contributed by atoms with Gasteiger partial charge in [0.1, 0.15) is 35.2 Å². The predicted molar refractivity (Wildman–Crippen MR) is 144 cm³/mol. The fraction of sp³-hybridized carbons (Fsp3) is 0.240. The van der Waals surface area contributed by atoms with Gasteiger partial charge in [-0.25, -0.2) is 24.5 Å². The summed E-state index contributed by atoms with van der Waals surface area (Å²) in [6, 6.07) is 11.0. The molecule has 5 aromatic rings. The average Bonchev–Trinajstić information content (AvgIpc) is 3.32. The molecule has 0 spiro atoms. The summed E-state index contributed by atoms with van der Waals surface area (Å²) in [6.07, 6.45) is 5.08. The number of pyridine rings is 4. The molecule has 3 N–H and O–H groups in total. The molecule has 5 aromatic heterocycles. The van der Waals surface area contributed by atoms with E-state index in [2.05, 4.69) is 46.3 Å². The molecule has 0 amide bonds. The number of anilines is 2. The van der Waals surface area contributed by atoms with Crippen molar-refractivity contribution in [3.05, 3.63) is 59.6 Å². The molecule has 0 aliphatic heterocycles. The lowest BCUT2D eigenvalue weighted by molar-refractivity contribution is 0.0165. The molecule has 0 bridgehead atoms. The number of rotatable bonds is 10. The number of hydrogen-bond acceptors (Lipinski definition) is 10. The Hall–Kier alpha value is -4.03. The predicted octanol–water partition coefficient (Wildman–Crippen LogP) is 3.98. The van der Waals surface area contributed by atoms with Crippen LogP contribution in [0.1, 0.15) is 6.92 Å². The average molecular weight is 565 g/mol. The molecule has 0 radical (unpaired) electrons. The van der Waals surface area contributed by atoms with E-state index >= 15 is 0 Å². The van der Waals surface area contributed by atoms with Crippen molar-refractivity contribution in [2.45, 2.75) is 13.0 Å². The summed E-state index contributed by atoms with van der Waals surface area (Å²) in [7, 11) is 1.81. The van der Waals surface area contributed by atoms with Crippen LogP contribution in [0, 0.1) is 0 Å². The number of hydrogen-bond donors (Lipinski definition) is 2. The second-order valence-electron chi connectivity index (χ2n) is 8.17. The number of ether oxygens (including phenoxy) is 3. The zero-order valence-corrected chi connectivity index (χ0v) is 21.8. The molecule has 37 heavy (non-hydrogen) atoms. The smallest absolute Gasteiger partial charge is 0.214 e. The second-order valence-corrected chi connectivity index (χ2v) is 8.98. The lowest BCUT2D eigenvalue weighted by Crippen LogP contribution is -2.21. The van der Waals surface area contributed by atoms with Gasteiger partial charge in [-0.3, -0.25) is 0 Å². The van der Waals surface area contributed by atoms with Gasteiger partial charge >= 0.3 is 0 Å². The minimum Gasteiger partial charge on any atom is -0.489 e. The third-order valence-electron chi connectivity index (χ3n) is 5.48. The van der Waals surface area contributed by atoms with Crippen molar-refractivity contribution in [2.24, 2.45) is 0 Å². The van der Waals surface area contributed by atoms with E-state index < -0.39 is 0 Å². The summed E-state index contributed by atoms with van der Waals surface area (Å²) in [6.45, 7) is 3.12. The fourth-order valence-electron chi connectivity index (χ4n) is 3.72. The minimum atomic E-state index is -0.136. The Labute approximate surface area is 221 Å². The van der Waals surface area contributed by atoms with Crippen molar-refractivity contribution in [3.8, 4) is 23.0 Å². The first-order chi connectivity index (χ1) is 18.0. The molecule has 5 rings (SSSR count). The number of nitrogens with one attached hydrogen (secondary N) is 1. The van der Waals surface area contributed by atoms with Gasteiger partial charge in [0.15, 0.2) is 11.5 Å². The molecule has 1 unspecified atom stereocenters. The van der Waals surface area contributed by atoms with Gasteiger partial charge in [-0.2, -0.15) is 0 Å². The van der Waals surface area contributed by atoms with Gasteiger partial charge < -0.3 is 25.3 Å². The quantitative estimate of drug-likeness (QED) is 0.189. The van der Waals surface area contributed by atoms with Gasteiger partial charge in [-0.05, 0) is 47.1 Å². The number of nitrogen functional groups attached to an aromatic ring is 1. The van der Waals surface area contributed by atoms with E-state index in [4.69, 9.17) is 19.9 Å². The number of fused-ring (bicyclic) bond motifs is 2. The number of nitrogens with zero attached hydrogens (tertiary/aromatic N) is 6. The van der Waals surface area contributed by atoms with Crippen LogP contribution in [0.3, 0.4) is 0 Å².